The Kier molecular flexibility index (Phi) is 10.2. The molecule has 174 valence electrons. The molecular weight excluding hydrogens is 492 g/mol. The third kappa shape index (κ3) is 7.34. The zero-order valence-corrected chi connectivity index (χ0v) is 18.4. The van der Waals surface area contributed by atoms with Crippen molar-refractivity contribution in [2.75, 3.05) is 24.0 Å². The predicted octanol–water partition coefficient (Wildman–Crippen LogP) is 4.51. The van der Waals surface area contributed by atoms with Gasteiger partial charge in [-0.15, -0.1) is 13.8 Å². The summed E-state index contributed by atoms with van der Waals surface area (Å²) >= 11 is 1.39. The number of nitrogens with two attached hydrogens (primary N) is 1. The lowest BCUT2D eigenvalue weighted by molar-refractivity contribution is -0.432. The molecule has 0 aromatic heterocycles. The van der Waals surface area contributed by atoms with Crippen molar-refractivity contribution < 1.29 is 42.2 Å². The average molecular weight is 509 g/mol. The van der Waals surface area contributed by atoms with E-state index in [2.05, 4.69) is 44.5 Å². The number of anilines is 2. The maximum Gasteiger partial charge on any atom is 0.296 e. The van der Waals surface area contributed by atoms with Crippen LogP contribution in [0.15, 0.2) is 60.6 Å². The van der Waals surface area contributed by atoms with E-state index in [0.29, 0.717) is 22.6 Å². The molecule has 0 heterocycles. The lowest BCUT2D eigenvalue weighted by atomic mass is 10.2. The van der Waals surface area contributed by atoms with Gasteiger partial charge in [-0.2, -0.15) is 23.8 Å². The van der Waals surface area contributed by atoms with Crippen LogP contribution in [0.1, 0.15) is 0 Å². The molecule has 0 amide bonds. The number of azo groups is 2. The topological polar surface area (TPSA) is 219 Å². The summed E-state index contributed by atoms with van der Waals surface area (Å²) in [5.74, 6) is -0.0289. The van der Waals surface area contributed by atoms with Crippen molar-refractivity contribution in [1.82, 2.24) is 0 Å². The van der Waals surface area contributed by atoms with Crippen LogP contribution in [0.3, 0.4) is 0 Å². The minimum absolute atomic E-state index is 0.0289. The summed E-state index contributed by atoms with van der Waals surface area (Å²) in [5, 5.41) is 41.7. The molecule has 0 aliphatic heterocycles. The highest BCUT2D eigenvalue weighted by Crippen LogP contribution is 2.44. The molecule has 0 fully saturated rings. The Morgan fingerprint density at radius 2 is 1.78 bits per heavy atom. The second-order valence-electron chi connectivity index (χ2n) is 5.31. The Hall–Kier alpha value is -2.39. The van der Waals surface area contributed by atoms with Crippen LogP contribution in [0, 0.1) is 0 Å². The number of rotatable bonds is 12. The fourth-order valence-electron chi connectivity index (χ4n) is 2.20. The first-order valence-corrected chi connectivity index (χ1v) is 11.1. The normalized spacial score (nSPS) is 12.1. The minimum atomic E-state index is -4.73. The number of hydrogen-bond acceptors (Lipinski definition) is 16. The highest BCUT2D eigenvalue weighted by Gasteiger charge is 2.23. The predicted molar refractivity (Wildman–Crippen MR) is 113 cm³/mol. The van der Waals surface area contributed by atoms with E-state index in [1.807, 2.05) is 0 Å². The zero-order valence-electron chi connectivity index (χ0n) is 16.0. The number of nitrogens with zero attached hydrogens (tertiary/aromatic N) is 4. The third-order valence-corrected chi connectivity index (χ3v) is 5.32. The van der Waals surface area contributed by atoms with Crippen molar-refractivity contribution in [2.24, 2.45) is 20.5 Å². The molecule has 15 nitrogen and oxygen atoms in total. The lowest BCUT2D eigenvalue weighted by Crippen LogP contribution is -2.06. The Bertz CT molecular complexity index is 1070. The van der Waals surface area contributed by atoms with Crippen LogP contribution in [0.4, 0.5) is 28.4 Å². The van der Waals surface area contributed by atoms with E-state index in [4.69, 9.17) is 16.2 Å². The number of nitrogen functional groups attached to an aromatic ring is 1. The maximum absolute atomic E-state index is 11.8. The van der Waals surface area contributed by atoms with E-state index < -0.39 is 15.0 Å². The molecule has 0 saturated carbocycles. The molecule has 0 unspecified atom stereocenters. The van der Waals surface area contributed by atoms with Crippen LogP contribution in [-0.2, 0) is 28.9 Å². The van der Waals surface area contributed by atoms with Crippen molar-refractivity contribution in [3.05, 3.63) is 30.3 Å². The van der Waals surface area contributed by atoms with Crippen molar-refractivity contribution >= 4 is 62.6 Å². The lowest BCUT2D eigenvalue weighted by Gasteiger charge is -2.14. The quantitative estimate of drug-likeness (QED) is 0.0389. The summed E-state index contributed by atoms with van der Waals surface area (Å²) in [5.41, 5.74) is 5.77. The van der Waals surface area contributed by atoms with Gasteiger partial charge in [0.05, 0.1) is 47.0 Å². The summed E-state index contributed by atoms with van der Waals surface area (Å²) in [6, 6.07) is 7.27. The molecule has 2 aromatic rings. The van der Waals surface area contributed by atoms with Gasteiger partial charge in [-0.1, -0.05) is 10.1 Å². The molecule has 6 N–H and O–H groups in total. The first-order chi connectivity index (χ1) is 15.3. The Morgan fingerprint density at radius 3 is 2.38 bits per heavy atom. The standard InChI is InChI=1S/C14H16N6O9S3/c1-16-20-14-12(15)11(32(23,24)25)6-10(13(14)17-7-30-28-26-21)19-18-8-2-4-9(5-3-8)31-29-27-22/h2-6,17,21-22H,7,15H2,1H3,(H,23,24,25). The highest BCUT2D eigenvalue weighted by atomic mass is 32.2. The molecule has 0 atom stereocenters. The van der Waals surface area contributed by atoms with Gasteiger partial charge < -0.3 is 11.1 Å². The van der Waals surface area contributed by atoms with Crippen LogP contribution >= 0.6 is 24.1 Å². The van der Waals surface area contributed by atoms with Crippen molar-refractivity contribution in [1.29, 1.82) is 0 Å². The smallest absolute Gasteiger partial charge is 0.296 e. The van der Waals surface area contributed by atoms with Gasteiger partial charge in [0.2, 0.25) is 0 Å². The largest absolute Gasteiger partial charge is 0.396 e. The zero-order chi connectivity index (χ0) is 23.6. The van der Waals surface area contributed by atoms with Gasteiger partial charge in [-0.05, 0) is 30.3 Å². The molecular formula is C14H16N6O9S3. The van der Waals surface area contributed by atoms with E-state index in [0.717, 1.165) is 18.1 Å². The Balaban J connectivity index is 2.49. The minimum Gasteiger partial charge on any atom is -0.396 e. The summed E-state index contributed by atoms with van der Waals surface area (Å²) in [6.07, 6.45) is 0. The summed E-state index contributed by atoms with van der Waals surface area (Å²) in [6.45, 7) is 0. The average Bonchev–Trinajstić information content (AvgIpc) is 2.76. The van der Waals surface area contributed by atoms with Crippen molar-refractivity contribution in [3.8, 4) is 0 Å². The van der Waals surface area contributed by atoms with Crippen molar-refractivity contribution in [3.63, 3.8) is 0 Å². The summed E-state index contributed by atoms with van der Waals surface area (Å²) in [4.78, 5) is -0.0647. The van der Waals surface area contributed by atoms with Gasteiger partial charge in [0.25, 0.3) is 10.1 Å². The molecule has 0 spiro atoms. The third-order valence-electron chi connectivity index (χ3n) is 3.42. The molecule has 2 aromatic carbocycles. The van der Waals surface area contributed by atoms with Crippen LogP contribution in [0.25, 0.3) is 0 Å². The van der Waals surface area contributed by atoms with Gasteiger partial charge in [0, 0.05) is 11.9 Å². The van der Waals surface area contributed by atoms with Gasteiger partial charge in [-0.25, -0.2) is 10.5 Å². The first kappa shape index (κ1) is 25.9. The molecule has 18 heteroatoms. The van der Waals surface area contributed by atoms with Crippen LogP contribution in [0.2, 0.25) is 0 Å². The van der Waals surface area contributed by atoms with Crippen LogP contribution in [0.5, 0.6) is 0 Å². The van der Waals surface area contributed by atoms with E-state index >= 15 is 0 Å². The SMILES string of the molecule is CN=Nc1c(N)c(S(=O)(=O)O)cc(N=Nc2ccc(SOOO)cc2)c1NCSOOO. The number of hydrogen-bond donors (Lipinski definition) is 5. The molecule has 0 radical (unpaired) electrons. The Morgan fingerprint density at radius 1 is 1.09 bits per heavy atom. The fourth-order valence-corrected chi connectivity index (χ4v) is 3.48. The van der Waals surface area contributed by atoms with Gasteiger partial charge in [-0.3, -0.25) is 4.55 Å². The number of benzene rings is 2. The molecule has 0 aliphatic rings. The molecule has 0 aliphatic carbocycles. The van der Waals surface area contributed by atoms with Gasteiger partial charge in [0.1, 0.15) is 16.3 Å². The van der Waals surface area contributed by atoms with Crippen LogP contribution in [-0.4, -0.2) is 36.4 Å². The van der Waals surface area contributed by atoms with E-state index in [9.17, 15) is 13.0 Å². The van der Waals surface area contributed by atoms with E-state index in [-0.39, 0.29) is 28.6 Å². The summed E-state index contributed by atoms with van der Waals surface area (Å²) in [7, 11) is -3.40. The second kappa shape index (κ2) is 12.6. The van der Waals surface area contributed by atoms with Crippen LogP contribution < -0.4 is 11.1 Å². The van der Waals surface area contributed by atoms with E-state index in [1.165, 1.54) is 7.05 Å². The molecule has 32 heavy (non-hydrogen) atoms. The van der Waals surface area contributed by atoms with Gasteiger partial charge >= 0.3 is 0 Å². The maximum atomic E-state index is 11.8. The molecule has 0 saturated heterocycles. The van der Waals surface area contributed by atoms with Gasteiger partial charge in [0.15, 0.2) is 0 Å². The first-order valence-electron chi connectivity index (χ1n) is 8.05. The van der Waals surface area contributed by atoms with E-state index in [1.54, 1.807) is 24.3 Å². The highest BCUT2D eigenvalue weighted by molar-refractivity contribution is 7.94. The molecule has 0 bridgehead atoms. The fraction of sp³-hybridized carbons (Fsp3) is 0.143. The monoisotopic (exact) mass is 508 g/mol. The molecule has 2 rings (SSSR count). The number of nitrogens with one attached hydrogen (secondary N) is 1. The Labute approximate surface area is 189 Å². The summed E-state index contributed by atoms with van der Waals surface area (Å²) < 4.78 is 41.7. The van der Waals surface area contributed by atoms with Crippen molar-refractivity contribution in [2.45, 2.75) is 9.79 Å². The second-order valence-corrected chi connectivity index (χ2v) is 8.13.